The lowest BCUT2D eigenvalue weighted by molar-refractivity contribution is 0.0900. The third-order valence-corrected chi connectivity index (χ3v) is 3.62. The van der Waals surface area contributed by atoms with E-state index in [1.165, 1.54) is 5.56 Å². The summed E-state index contributed by atoms with van der Waals surface area (Å²) >= 11 is 0. The van der Waals surface area contributed by atoms with E-state index in [0.29, 0.717) is 6.10 Å². The first-order chi connectivity index (χ1) is 8.21. The van der Waals surface area contributed by atoms with Gasteiger partial charge in [0.15, 0.2) is 0 Å². The molecule has 1 aromatic carbocycles. The van der Waals surface area contributed by atoms with Crippen molar-refractivity contribution in [1.82, 2.24) is 5.32 Å². The van der Waals surface area contributed by atoms with Crippen molar-refractivity contribution in [3.63, 3.8) is 0 Å². The Hall–Kier alpha value is -1.12. The van der Waals surface area contributed by atoms with E-state index in [1.807, 2.05) is 6.07 Å². The third kappa shape index (κ3) is 3.18. The van der Waals surface area contributed by atoms with Crippen molar-refractivity contribution in [3.8, 4) is 0 Å². The molecule has 1 aliphatic rings. The molecule has 17 heavy (non-hydrogen) atoms. The average Bonchev–Trinajstić information content (AvgIpc) is 2.67. The summed E-state index contributed by atoms with van der Waals surface area (Å²) in [5, 5.41) is 3.57. The van der Waals surface area contributed by atoms with Crippen LogP contribution in [0.5, 0.6) is 0 Å². The number of benzene rings is 1. The van der Waals surface area contributed by atoms with E-state index in [2.05, 4.69) is 55.6 Å². The second-order valence-corrected chi connectivity index (χ2v) is 4.87. The number of rotatable bonds is 4. The summed E-state index contributed by atoms with van der Waals surface area (Å²) in [6.45, 7) is 6.13. The third-order valence-electron chi connectivity index (χ3n) is 3.62. The SMILES string of the molecule is CC1OCCC1(C)NC/C=C/c1ccccc1. The lowest BCUT2D eigenvalue weighted by Gasteiger charge is -2.28. The molecule has 92 valence electrons. The van der Waals surface area contributed by atoms with Gasteiger partial charge in [-0.05, 0) is 25.8 Å². The van der Waals surface area contributed by atoms with E-state index in [9.17, 15) is 0 Å². The summed E-state index contributed by atoms with van der Waals surface area (Å²) in [5.41, 5.74) is 1.37. The van der Waals surface area contributed by atoms with Gasteiger partial charge in [0.25, 0.3) is 0 Å². The summed E-state index contributed by atoms with van der Waals surface area (Å²) in [5.74, 6) is 0. The van der Waals surface area contributed by atoms with Crippen molar-refractivity contribution < 1.29 is 4.74 Å². The minimum absolute atomic E-state index is 0.126. The highest BCUT2D eigenvalue weighted by Gasteiger charge is 2.35. The fourth-order valence-corrected chi connectivity index (χ4v) is 2.12. The van der Waals surface area contributed by atoms with Crippen LogP contribution in [0.4, 0.5) is 0 Å². The van der Waals surface area contributed by atoms with Crippen molar-refractivity contribution in [2.75, 3.05) is 13.2 Å². The molecule has 2 atom stereocenters. The highest BCUT2D eigenvalue weighted by molar-refractivity contribution is 5.48. The highest BCUT2D eigenvalue weighted by atomic mass is 16.5. The Morgan fingerprint density at radius 3 is 2.82 bits per heavy atom. The molecule has 1 saturated heterocycles. The summed E-state index contributed by atoms with van der Waals surface area (Å²) in [6, 6.07) is 10.4. The number of ether oxygens (including phenoxy) is 1. The molecule has 2 heteroatoms. The van der Waals surface area contributed by atoms with E-state index in [0.717, 1.165) is 19.6 Å². The van der Waals surface area contributed by atoms with Gasteiger partial charge in [0, 0.05) is 18.7 Å². The van der Waals surface area contributed by atoms with Crippen molar-refractivity contribution >= 4 is 6.08 Å². The van der Waals surface area contributed by atoms with Crippen molar-refractivity contribution in [3.05, 3.63) is 42.0 Å². The predicted octanol–water partition coefficient (Wildman–Crippen LogP) is 2.86. The maximum atomic E-state index is 5.60. The molecule has 0 saturated carbocycles. The largest absolute Gasteiger partial charge is 0.377 e. The Labute approximate surface area is 104 Å². The Kier molecular flexibility index (Phi) is 3.97. The Bertz CT molecular complexity index is 374. The number of nitrogens with one attached hydrogen (secondary N) is 1. The van der Waals surface area contributed by atoms with Crippen LogP contribution < -0.4 is 5.32 Å². The van der Waals surface area contributed by atoms with E-state index < -0.39 is 0 Å². The molecule has 0 radical (unpaired) electrons. The molecule has 0 aliphatic carbocycles. The van der Waals surface area contributed by atoms with Crippen LogP contribution in [0.25, 0.3) is 6.08 Å². The zero-order valence-electron chi connectivity index (χ0n) is 10.6. The molecule has 1 fully saturated rings. The second kappa shape index (κ2) is 5.48. The van der Waals surface area contributed by atoms with Gasteiger partial charge < -0.3 is 10.1 Å². The molecule has 2 unspecified atom stereocenters. The minimum atomic E-state index is 0.126. The van der Waals surface area contributed by atoms with Crippen LogP contribution in [-0.4, -0.2) is 24.8 Å². The molecule has 0 amide bonds. The van der Waals surface area contributed by atoms with Crippen molar-refractivity contribution in [2.24, 2.45) is 0 Å². The first-order valence-electron chi connectivity index (χ1n) is 6.29. The zero-order valence-corrected chi connectivity index (χ0v) is 10.6. The van der Waals surface area contributed by atoms with Gasteiger partial charge in [-0.1, -0.05) is 42.5 Å². The normalized spacial score (nSPS) is 28.9. The fraction of sp³-hybridized carbons (Fsp3) is 0.467. The monoisotopic (exact) mass is 231 g/mol. The van der Waals surface area contributed by atoms with E-state index in [-0.39, 0.29) is 5.54 Å². The van der Waals surface area contributed by atoms with Crippen molar-refractivity contribution in [1.29, 1.82) is 0 Å². The van der Waals surface area contributed by atoms with Crippen LogP contribution >= 0.6 is 0 Å². The van der Waals surface area contributed by atoms with Gasteiger partial charge in [0.1, 0.15) is 0 Å². The topological polar surface area (TPSA) is 21.3 Å². The quantitative estimate of drug-likeness (QED) is 0.860. The van der Waals surface area contributed by atoms with Gasteiger partial charge in [-0.15, -0.1) is 0 Å². The molecule has 0 bridgehead atoms. The van der Waals surface area contributed by atoms with E-state index in [4.69, 9.17) is 4.74 Å². The van der Waals surface area contributed by atoms with Gasteiger partial charge in [-0.2, -0.15) is 0 Å². The minimum Gasteiger partial charge on any atom is -0.377 e. The van der Waals surface area contributed by atoms with E-state index in [1.54, 1.807) is 0 Å². The first kappa shape index (κ1) is 12.3. The highest BCUT2D eigenvalue weighted by Crippen LogP contribution is 2.24. The molecular formula is C15H21NO. The average molecular weight is 231 g/mol. The zero-order chi connectivity index (χ0) is 12.1. The second-order valence-electron chi connectivity index (χ2n) is 4.87. The molecule has 2 rings (SSSR count). The van der Waals surface area contributed by atoms with E-state index >= 15 is 0 Å². The number of hydrogen-bond donors (Lipinski definition) is 1. The molecule has 1 heterocycles. The van der Waals surface area contributed by atoms with Crippen LogP contribution in [0, 0.1) is 0 Å². The summed E-state index contributed by atoms with van der Waals surface area (Å²) in [4.78, 5) is 0. The molecule has 0 aromatic heterocycles. The van der Waals surface area contributed by atoms with Crippen LogP contribution in [-0.2, 0) is 4.74 Å². The molecule has 1 N–H and O–H groups in total. The maximum Gasteiger partial charge on any atom is 0.0726 e. The molecule has 1 aromatic rings. The van der Waals surface area contributed by atoms with Gasteiger partial charge >= 0.3 is 0 Å². The standard InChI is InChI=1S/C15H21NO/c1-13-15(2,10-12-17-13)16-11-6-9-14-7-4-3-5-8-14/h3-9,13,16H,10-12H2,1-2H3/b9-6+. The van der Waals surface area contributed by atoms with Crippen LogP contribution in [0.2, 0.25) is 0 Å². The van der Waals surface area contributed by atoms with Gasteiger partial charge in [0.05, 0.1) is 6.10 Å². The predicted molar refractivity (Wildman–Crippen MR) is 71.9 cm³/mol. The van der Waals surface area contributed by atoms with Crippen LogP contribution in [0.15, 0.2) is 36.4 Å². The van der Waals surface area contributed by atoms with Crippen LogP contribution in [0.3, 0.4) is 0 Å². The fourth-order valence-electron chi connectivity index (χ4n) is 2.12. The lowest BCUT2D eigenvalue weighted by Crippen LogP contribution is -2.47. The summed E-state index contributed by atoms with van der Waals surface area (Å²) in [6.07, 6.45) is 5.71. The maximum absolute atomic E-state index is 5.60. The summed E-state index contributed by atoms with van der Waals surface area (Å²) < 4.78 is 5.60. The first-order valence-corrected chi connectivity index (χ1v) is 6.29. The van der Waals surface area contributed by atoms with Crippen LogP contribution in [0.1, 0.15) is 25.8 Å². The Morgan fingerprint density at radius 2 is 2.18 bits per heavy atom. The summed E-state index contributed by atoms with van der Waals surface area (Å²) in [7, 11) is 0. The van der Waals surface area contributed by atoms with Gasteiger partial charge in [-0.25, -0.2) is 0 Å². The molecular weight excluding hydrogens is 210 g/mol. The van der Waals surface area contributed by atoms with Crippen molar-refractivity contribution in [2.45, 2.75) is 31.9 Å². The molecule has 1 aliphatic heterocycles. The Morgan fingerprint density at radius 1 is 1.41 bits per heavy atom. The smallest absolute Gasteiger partial charge is 0.0726 e. The number of hydrogen-bond acceptors (Lipinski definition) is 2. The van der Waals surface area contributed by atoms with Gasteiger partial charge in [0.2, 0.25) is 0 Å². The molecule has 0 spiro atoms. The molecule has 2 nitrogen and oxygen atoms in total. The van der Waals surface area contributed by atoms with Gasteiger partial charge in [-0.3, -0.25) is 0 Å². The lowest BCUT2D eigenvalue weighted by atomic mass is 9.95. The Balaban J connectivity index is 1.82.